The number of nitrogens with zero attached hydrogens (tertiary/aromatic N) is 5. The molecule has 20 nitrogen and oxygen atoms in total. The van der Waals surface area contributed by atoms with Gasteiger partial charge in [0.25, 0.3) is 11.4 Å². The highest BCUT2D eigenvalue weighted by atomic mass is 28.4. The summed E-state index contributed by atoms with van der Waals surface area (Å²) < 4.78 is 16.8. The minimum absolute atomic E-state index is 0.0609. The number of hydrogen-bond donors (Lipinski definition) is 2. The molecule has 3 aliphatic heterocycles. The van der Waals surface area contributed by atoms with Gasteiger partial charge in [-0.1, -0.05) is 27.7 Å². The van der Waals surface area contributed by atoms with E-state index in [1.54, 1.807) is 0 Å². The van der Waals surface area contributed by atoms with Crippen LogP contribution in [0, 0.1) is 32.1 Å². The molecule has 0 aromatic heterocycles. The Kier molecular flexibility index (Phi) is 14.1. The fourth-order valence-corrected chi connectivity index (χ4v) is 10.9. The summed E-state index contributed by atoms with van der Waals surface area (Å²) in [7, 11) is -2.13. The second kappa shape index (κ2) is 18.8. The van der Waals surface area contributed by atoms with Gasteiger partial charge in [-0.15, -0.1) is 0 Å². The van der Waals surface area contributed by atoms with Crippen LogP contribution in [0.25, 0.3) is 0 Å². The standard InChI is InChI=1S/C39H47N7O13Si/c1-7-60(8-2,9-3)59-23(5)31-32-22(4)30(33(44(32)34(31)48)37(51)57-35(49)25-10-14-28(15-11-25)45(53)54)21-43-19-18-27(20-43)41-38(40-24(6)47)42-39(52)58-36(50)26-12-16-29(17-13-26)46(55)56/h10-17,22-23,27,31-32H,7-9,18-21H2,1-6H3,(H2,40,41,42,47,52)/t22-,23+,27-,31?,32+/m0/s1. The highest BCUT2D eigenvalue weighted by Crippen LogP contribution is 2.49. The third-order valence-corrected chi connectivity index (χ3v) is 16.1. The van der Waals surface area contributed by atoms with Gasteiger partial charge in [-0.3, -0.25) is 45.4 Å². The third kappa shape index (κ3) is 9.80. The smallest absolute Gasteiger partial charge is 0.413 e. The molecule has 0 bridgehead atoms. The Balaban J connectivity index is 1.34. The molecule has 2 N–H and O–H groups in total. The van der Waals surface area contributed by atoms with Crippen LogP contribution < -0.4 is 10.6 Å². The predicted octanol–water partition coefficient (Wildman–Crippen LogP) is 4.46. The molecule has 3 aliphatic rings. The van der Waals surface area contributed by atoms with Gasteiger partial charge < -0.3 is 18.8 Å². The number of likely N-dealkylation sites (tertiary alicyclic amines) is 1. The van der Waals surface area contributed by atoms with E-state index in [0.717, 1.165) is 54.5 Å². The highest BCUT2D eigenvalue weighted by Gasteiger charge is 2.61. The largest absolute Gasteiger partial charge is 0.421 e. The van der Waals surface area contributed by atoms with Crippen molar-refractivity contribution in [3.63, 3.8) is 0 Å². The number of non-ortho nitro benzene ring substituents is 2. The Morgan fingerprint density at radius 1 is 0.867 bits per heavy atom. The molecule has 2 aromatic rings. The van der Waals surface area contributed by atoms with E-state index >= 15 is 0 Å². The molecule has 3 heterocycles. The van der Waals surface area contributed by atoms with Gasteiger partial charge in [0.2, 0.25) is 17.8 Å². The first-order valence-corrected chi connectivity index (χ1v) is 22.1. The number of fused-ring (bicyclic) bond motifs is 1. The van der Waals surface area contributed by atoms with Gasteiger partial charge in [0.15, 0.2) is 8.32 Å². The summed E-state index contributed by atoms with van der Waals surface area (Å²) in [4.78, 5) is 107. The minimum Gasteiger partial charge on any atom is -0.413 e. The average molecular weight is 850 g/mol. The molecule has 320 valence electrons. The van der Waals surface area contributed by atoms with E-state index in [2.05, 4.69) is 36.4 Å². The Labute approximate surface area is 345 Å². The van der Waals surface area contributed by atoms with Gasteiger partial charge in [0, 0.05) is 56.7 Å². The highest BCUT2D eigenvalue weighted by molar-refractivity contribution is 6.73. The molecule has 5 rings (SSSR count). The summed E-state index contributed by atoms with van der Waals surface area (Å²) in [6.07, 6.45) is -1.28. The molecule has 0 spiro atoms. The molecule has 0 saturated carbocycles. The lowest BCUT2D eigenvalue weighted by Crippen LogP contribution is -2.65. The maximum Gasteiger partial charge on any atom is 0.421 e. The fourth-order valence-electron chi connectivity index (χ4n) is 7.94. The van der Waals surface area contributed by atoms with Crippen molar-refractivity contribution in [3.8, 4) is 0 Å². The Hall–Kier alpha value is -6.19. The first-order valence-electron chi connectivity index (χ1n) is 19.5. The second-order valence-electron chi connectivity index (χ2n) is 14.9. The predicted molar refractivity (Wildman–Crippen MR) is 215 cm³/mol. The molecule has 2 fully saturated rings. The average Bonchev–Trinajstić information content (AvgIpc) is 3.75. The summed E-state index contributed by atoms with van der Waals surface area (Å²) in [5.41, 5.74) is -0.268. The number of β-lactam (4-membered cyclic amide) rings is 1. The zero-order valence-corrected chi connectivity index (χ0v) is 35.0. The molecule has 5 atom stereocenters. The number of benzene rings is 2. The number of amides is 3. The number of hydrogen-bond acceptors (Lipinski definition) is 15. The van der Waals surface area contributed by atoms with Crippen LogP contribution in [-0.4, -0.2) is 108 Å². The zero-order valence-electron chi connectivity index (χ0n) is 34.0. The van der Waals surface area contributed by atoms with Crippen LogP contribution in [0.3, 0.4) is 0 Å². The first-order chi connectivity index (χ1) is 28.4. The van der Waals surface area contributed by atoms with Crippen molar-refractivity contribution in [2.45, 2.75) is 84.3 Å². The second-order valence-corrected chi connectivity index (χ2v) is 19.6. The van der Waals surface area contributed by atoms with Crippen LogP contribution in [0.4, 0.5) is 16.2 Å². The van der Waals surface area contributed by atoms with E-state index in [9.17, 15) is 49.0 Å². The number of nitrogens with one attached hydrogen (secondary N) is 2. The van der Waals surface area contributed by atoms with Gasteiger partial charge in [-0.25, -0.2) is 24.2 Å². The molecule has 1 unspecified atom stereocenters. The van der Waals surface area contributed by atoms with Crippen molar-refractivity contribution in [1.82, 2.24) is 20.4 Å². The van der Waals surface area contributed by atoms with E-state index in [1.165, 1.54) is 24.0 Å². The van der Waals surface area contributed by atoms with Crippen LogP contribution in [0.15, 0.2) is 64.8 Å². The lowest BCUT2D eigenvalue weighted by atomic mass is 9.77. The summed E-state index contributed by atoms with van der Waals surface area (Å²) >= 11 is 0. The van der Waals surface area contributed by atoms with E-state index in [4.69, 9.17) is 13.9 Å². The van der Waals surface area contributed by atoms with Gasteiger partial charge >= 0.3 is 24.0 Å². The van der Waals surface area contributed by atoms with E-state index in [1.807, 2.05) is 18.7 Å². The first kappa shape index (κ1) is 44.9. The number of nitro groups is 2. The maximum atomic E-state index is 14.0. The molecular formula is C39H47N7O13Si. The minimum atomic E-state index is -2.13. The van der Waals surface area contributed by atoms with Crippen molar-refractivity contribution in [2.24, 2.45) is 16.8 Å². The number of carbonyl (C=O) groups excluding carboxylic acids is 6. The summed E-state index contributed by atoms with van der Waals surface area (Å²) in [5.74, 6) is -5.33. The van der Waals surface area contributed by atoms with Gasteiger partial charge in [0.05, 0.1) is 45.1 Å². The summed E-state index contributed by atoms with van der Waals surface area (Å²) in [6.45, 7) is 12.1. The van der Waals surface area contributed by atoms with Crippen LogP contribution in [0.1, 0.15) is 68.7 Å². The Bertz CT molecular complexity index is 2110. The van der Waals surface area contributed by atoms with Gasteiger partial charge in [0.1, 0.15) is 5.70 Å². The molecule has 21 heteroatoms. The number of rotatable bonds is 14. The zero-order chi connectivity index (χ0) is 44.1. The Morgan fingerprint density at radius 2 is 1.40 bits per heavy atom. The maximum absolute atomic E-state index is 14.0. The quantitative estimate of drug-likeness (QED) is 0.0389. The van der Waals surface area contributed by atoms with Gasteiger partial charge in [-0.05, 0) is 61.3 Å². The van der Waals surface area contributed by atoms with Crippen LogP contribution in [0.5, 0.6) is 0 Å². The number of guanidine groups is 1. The number of esters is 3. The number of alkyl carbamates (subject to hydrolysis) is 1. The summed E-state index contributed by atoms with van der Waals surface area (Å²) in [6, 6.07) is 10.6. The third-order valence-electron chi connectivity index (χ3n) is 11.3. The van der Waals surface area contributed by atoms with E-state index < -0.39 is 72.2 Å². The lowest BCUT2D eigenvalue weighted by molar-refractivity contribution is -0.385. The number of carbonyl (C=O) groups is 6. The molecular weight excluding hydrogens is 803 g/mol. The molecule has 0 aliphatic carbocycles. The Morgan fingerprint density at radius 3 is 1.90 bits per heavy atom. The molecule has 2 saturated heterocycles. The molecule has 60 heavy (non-hydrogen) atoms. The van der Waals surface area contributed by atoms with Crippen LogP contribution >= 0.6 is 0 Å². The number of ether oxygens (including phenoxy) is 2. The van der Waals surface area contributed by atoms with Crippen molar-refractivity contribution < 1.29 is 52.5 Å². The molecule has 0 radical (unpaired) electrons. The molecule has 2 aromatic carbocycles. The van der Waals surface area contributed by atoms with Crippen LogP contribution in [0.2, 0.25) is 18.1 Å². The van der Waals surface area contributed by atoms with Crippen molar-refractivity contribution in [1.29, 1.82) is 0 Å². The summed E-state index contributed by atoms with van der Waals surface area (Å²) in [5, 5.41) is 26.7. The van der Waals surface area contributed by atoms with Crippen molar-refractivity contribution in [3.05, 3.63) is 91.2 Å². The van der Waals surface area contributed by atoms with Crippen molar-refractivity contribution in [2.75, 3.05) is 19.6 Å². The fraction of sp³-hybridized carbons (Fsp3) is 0.462. The topological polar surface area (TPSA) is 259 Å². The number of aliphatic imine (C=N–C) groups is 1. The normalized spacial score (nSPS) is 20.8. The molecule has 3 amide bonds. The van der Waals surface area contributed by atoms with Crippen LogP contribution in [-0.2, 0) is 28.3 Å². The van der Waals surface area contributed by atoms with E-state index in [0.29, 0.717) is 18.5 Å². The van der Waals surface area contributed by atoms with Crippen molar-refractivity contribution >= 4 is 61.5 Å². The SMILES string of the molecule is CC[Si](CC)(CC)O[C@H](C)C1C(=O)N2C(C(=O)OC(=O)c3ccc([N+](=O)[O-])cc3)=C(CN3CC[C@H](N=C(NC(C)=O)NC(=O)OC(=O)c4ccc([N+](=O)[O-])cc4)C3)[C@H](C)[C@H]12. The van der Waals surface area contributed by atoms with E-state index in [-0.39, 0.29) is 59.1 Å². The van der Waals surface area contributed by atoms with Gasteiger partial charge in [-0.2, -0.15) is 0 Å². The number of nitro benzene ring substituents is 2. The lowest BCUT2D eigenvalue weighted by Gasteiger charge is -2.49. The monoisotopic (exact) mass is 849 g/mol.